The van der Waals surface area contributed by atoms with E-state index in [1.807, 2.05) is 43.1 Å². The number of hydrogen-bond acceptors (Lipinski definition) is 3. The lowest BCUT2D eigenvalue weighted by Crippen LogP contribution is -2.38. The summed E-state index contributed by atoms with van der Waals surface area (Å²) in [7, 11) is 1.90. The first-order chi connectivity index (χ1) is 7.78. The van der Waals surface area contributed by atoms with Crippen molar-refractivity contribution >= 4 is 0 Å². The van der Waals surface area contributed by atoms with Crippen LogP contribution in [0.5, 0.6) is 0 Å². The van der Waals surface area contributed by atoms with Gasteiger partial charge in [0.1, 0.15) is 0 Å². The van der Waals surface area contributed by atoms with Crippen LogP contribution in [0.25, 0.3) is 0 Å². The second kappa shape index (κ2) is 5.63. The Labute approximate surface area is 104 Å². The summed E-state index contributed by atoms with van der Waals surface area (Å²) in [5.41, 5.74) is 1.37. The van der Waals surface area contributed by atoms with Crippen LogP contribution in [-0.2, 0) is 0 Å². The Bertz CT molecular complexity index is 340. The molecule has 1 aromatic rings. The van der Waals surface area contributed by atoms with Gasteiger partial charge in [0, 0.05) is 13.1 Å². The summed E-state index contributed by atoms with van der Waals surface area (Å²) in [6.45, 7) is 6.61. The number of rotatable bonds is 5. The van der Waals surface area contributed by atoms with Crippen LogP contribution in [-0.4, -0.2) is 40.9 Å². The normalized spacial score (nSPS) is 14.1. The van der Waals surface area contributed by atoms with Crippen LogP contribution in [0.15, 0.2) is 24.3 Å². The molecule has 1 aromatic carbocycles. The lowest BCUT2D eigenvalue weighted by molar-refractivity contribution is 0.0284. The topological polar surface area (TPSA) is 43.7 Å². The van der Waals surface area contributed by atoms with Gasteiger partial charge in [-0.25, -0.2) is 0 Å². The summed E-state index contributed by atoms with van der Waals surface area (Å²) in [4.78, 5) is 1.94. The first kappa shape index (κ1) is 14.2. The number of aliphatic hydroxyl groups excluding tert-OH is 1. The van der Waals surface area contributed by atoms with Crippen molar-refractivity contribution < 1.29 is 10.2 Å². The van der Waals surface area contributed by atoms with Gasteiger partial charge in [0.2, 0.25) is 0 Å². The minimum atomic E-state index is -0.734. The molecule has 0 aliphatic heterocycles. The molecule has 0 saturated heterocycles. The molecule has 0 aliphatic rings. The Morgan fingerprint density at radius 2 is 1.76 bits per heavy atom. The van der Waals surface area contributed by atoms with Crippen molar-refractivity contribution in [1.82, 2.24) is 4.90 Å². The third kappa shape index (κ3) is 5.31. The van der Waals surface area contributed by atoms with Crippen LogP contribution in [0, 0.1) is 6.92 Å². The zero-order valence-corrected chi connectivity index (χ0v) is 11.1. The number of nitrogens with zero attached hydrogens (tertiary/aromatic N) is 1. The van der Waals surface area contributed by atoms with Gasteiger partial charge in [-0.05, 0) is 33.4 Å². The van der Waals surface area contributed by atoms with Crippen molar-refractivity contribution in [2.24, 2.45) is 0 Å². The van der Waals surface area contributed by atoms with Crippen molar-refractivity contribution in [2.75, 3.05) is 20.1 Å². The summed E-state index contributed by atoms with van der Waals surface area (Å²) >= 11 is 0. The van der Waals surface area contributed by atoms with Gasteiger partial charge in [0.05, 0.1) is 11.7 Å². The average Bonchev–Trinajstić information content (AvgIpc) is 2.15. The van der Waals surface area contributed by atoms with E-state index in [-0.39, 0.29) is 0 Å². The second-order valence-electron chi connectivity index (χ2n) is 5.44. The quantitative estimate of drug-likeness (QED) is 0.819. The number of aliphatic hydroxyl groups is 2. The lowest BCUT2D eigenvalue weighted by Gasteiger charge is -2.27. The molecule has 3 nitrogen and oxygen atoms in total. The minimum Gasteiger partial charge on any atom is -0.389 e. The number of likely N-dealkylation sites (N-methyl/N-ethyl adjacent to an activating group) is 1. The van der Waals surface area contributed by atoms with Gasteiger partial charge >= 0.3 is 0 Å². The zero-order valence-electron chi connectivity index (χ0n) is 11.1. The van der Waals surface area contributed by atoms with Crippen molar-refractivity contribution in [3.05, 3.63) is 35.4 Å². The van der Waals surface area contributed by atoms with Crippen LogP contribution in [0.3, 0.4) is 0 Å². The maximum Gasteiger partial charge on any atom is 0.0916 e. The Balaban J connectivity index is 2.54. The molecule has 3 heteroatoms. The van der Waals surface area contributed by atoms with Crippen molar-refractivity contribution in [3.8, 4) is 0 Å². The van der Waals surface area contributed by atoms with Crippen molar-refractivity contribution in [3.63, 3.8) is 0 Å². The van der Waals surface area contributed by atoms with Crippen molar-refractivity contribution in [2.45, 2.75) is 32.5 Å². The molecule has 0 bridgehead atoms. The molecule has 17 heavy (non-hydrogen) atoms. The van der Waals surface area contributed by atoms with Crippen LogP contribution < -0.4 is 0 Å². The zero-order chi connectivity index (χ0) is 13.1. The van der Waals surface area contributed by atoms with E-state index in [2.05, 4.69) is 0 Å². The summed E-state index contributed by atoms with van der Waals surface area (Å²) in [6.07, 6.45) is -0.511. The summed E-state index contributed by atoms with van der Waals surface area (Å²) < 4.78 is 0. The van der Waals surface area contributed by atoms with Crippen LogP contribution in [0.1, 0.15) is 31.1 Å². The average molecular weight is 237 g/mol. The highest BCUT2D eigenvalue weighted by Crippen LogP contribution is 2.15. The van der Waals surface area contributed by atoms with E-state index in [9.17, 15) is 10.2 Å². The Kier molecular flexibility index (Phi) is 4.69. The van der Waals surface area contributed by atoms with E-state index in [0.717, 1.165) is 5.56 Å². The maximum atomic E-state index is 10.1. The number of aryl methyl sites for hydroxylation is 1. The molecular formula is C14H23NO2. The third-order valence-corrected chi connectivity index (χ3v) is 2.60. The van der Waals surface area contributed by atoms with Gasteiger partial charge in [-0.15, -0.1) is 0 Å². The standard InChI is InChI=1S/C14H23NO2/c1-11-5-7-12(8-6-11)13(16)9-15(4)10-14(2,3)17/h5-8,13,16-17H,9-10H2,1-4H3. The lowest BCUT2D eigenvalue weighted by atomic mass is 10.1. The Morgan fingerprint density at radius 1 is 1.24 bits per heavy atom. The molecule has 0 spiro atoms. The molecule has 0 amide bonds. The highest BCUT2D eigenvalue weighted by atomic mass is 16.3. The molecule has 0 aliphatic carbocycles. The number of benzene rings is 1. The fraction of sp³-hybridized carbons (Fsp3) is 0.571. The molecule has 1 unspecified atom stereocenters. The van der Waals surface area contributed by atoms with Gasteiger partial charge in [0.15, 0.2) is 0 Å². The summed E-state index contributed by atoms with van der Waals surface area (Å²) in [5, 5.41) is 19.7. The Morgan fingerprint density at radius 3 is 2.24 bits per heavy atom. The molecule has 0 fully saturated rings. The highest BCUT2D eigenvalue weighted by molar-refractivity contribution is 5.23. The number of hydrogen-bond donors (Lipinski definition) is 2. The Hall–Kier alpha value is -0.900. The van der Waals surface area contributed by atoms with Gasteiger partial charge in [0.25, 0.3) is 0 Å². The molecule has 1 atom stereocenters. The summed E-state index contributed by atoms with van der Waals surface area (Å²) in [5.74, 6) is 0. The van der Waals surface area contributed by atoms with Gasteiger partial charge in [-0.1, -0.05) is 29.8 Å². The SMILES string of the molecule is Cc1ccc(C(O)CN(C)CC(C)(C)O)cc1. The van der Waals surface area contributed by atoms with E-state index < -0.39 is 11.7 Å². The fourth-order valence-corrected chi connectivity index (χ4v) is 1.91. The largest absolute Gasteiger partial charge is 0.389 e. The molecule has 0 radical (unpaired) electrons. The first-order valence-corrected chi connectivity index (χ1v) is 5.93. The maximum absolute atomic E-state index is 10.1. The monoisotopic (exact) mass is 237 g/mol. The molecule has 2 N–H and O–H groups in total. The van der Waals surface area contributed by atoms with E-state index in [4.69, 9.17) is 0 Å². The van der Waals surface area contributed by atoms with E-state index in [1.165, 1.54) is 5.56 Å². The second-order valence-corrected chi connectivity index (χ2v) is 5.44. The molecule has 0 aromatic heterocycles. The summed E-state index contributed by atoms with van der Waals surface area (Å²) in [6, 6.07) is 7.87. The van der Waals surface area contributed by atoms with Crippen LogP contribution in [0.4, 0.5) is 0 Å². The van der Waals surface area contributed by atoms with Crippen LogP contribution >= 0.6 is 0 Å². The van der Waals surface area contributed by atoms with Gasteiger partial charge in [-0.3, -0.25) is 0 Å². The first-order valence-electron chi connectivity index (χ1n) is 5.93. The molecular weight excluding hydrogens is 214 g/mol. The molecule has 0 heterocycles. The van der Waals surface area contributed by atoms with E-state index in [1.54, 1.807) is 13.8 Å². The fourth-order valence-electron chi connectivity index (χ4n) is 1.91. The smallest absolute Gasteiger partial charge is 0.0916 e. The van der Waals surface area contributed by atoms with Gasteiger partial charge < -0.3 is 15.1 Å². The predicted octanol–water partition coefficient (Wildman–Crippen LogP) is 1.73. The van der Waals surface area contributed by atoms with Crippen LogP contribution in [0.2, 0.25) is 0 Å². The molecule has 96 valence electrons. The van der Waals surface area contributed by atoms with Crippen molar-refractivity contribution in [1.29, 1.82) is 0 Å². The molecule has 0 saturated carbocycles. The van der Waals surface area contributed by atoms with Gasteiger partial charge in [-0.2, -0.15) is 0 Å². The predicted molar refractivity (Wildman–Crippen MR) is 69.9 cm³/mol. The highest BCUT2D eigenvalue weighted by Gasteiger charge is 2.18. The third-order valence-electron chi connectivity index (χ3n) is 2.60. The van der Waals surface area contributed by atoms with E-state index in [0.29, 0.717) is 13.1 Å². The van der Waals surface area contributed by atoms with E-state index >= 15 is 0 Å². The molecule has 1 rings (SSSR count). The minimum absolute atomic E-state index is 0.511.